The maximum atomic E-state index is 5.77. The van der Waals surface area contributed by atoms with E-state index in [0.29, 0.717) is 12.1 Å². The fraction of sp³-hybridized carbons (Fsp3) is 1.00. The summed E-state index contributed by atoms with van der Waals surface area (Å²) >= 11 is 0. The first-order valence-corrected chi connectivity index (χ1v) is 5.65. The largest absolute Gasteiger partial charge is 0.329 e. The van der Waals surface area contributed by atoms with E-state index in [4.69, 9.17) is 5.73 Å². The Morgan fingerprint density at radius 2 is 1.62 bits per heavy atom. The first kappa shape index (κ1) is 12.9. The van der Waals surface area contributed by atoms with Crippen LogP contribution in [0.1, 0.15) is 47.0 Å². The van der Waals surface area contributed by atoms with Crippen LogP contribution in [-0.2, 0) is 0 Å². The van der Waals surface area contributed by atoms with Crippen LogP contribution in [0.25, 0.3) is 0 Å². The maximum Gasteiger partial charge on any atom is 0.0220 e. The Morgan fingerprint density at radius 1 is 1.08 bits per heavy atom. The maximum absolute atomic E-state index is 5.77. The van der Waals surface area contributed by atoms with E-state index in [1.807, 2.05) is 0 Å². The van der Waals surface area contributed by atoms with Gasteiger partial charge in [-0.1, -0.05) is 33.6 Å². The first-order chi connectivity index (χ1) is 6.19. The molecule has 0 spiro atoms. The minimum atomic E-state index is 0.505. The van der Waals surface area contributed by atoms with Crippen LogP contribution in [0, 0.1) is 5.92 Å². The highest BCUT2D eigenvalue weighted by atomic mass is 15.0. The smallest absolute Gasteiger partial charge is 0.0220 e. The van der Waals surface area contributed by atoms with Crippen molar-refractivity contribution in [3.63, 3.8) is 0 Å². The summed E-state index contributed by atoms with van der Waals surface area (Å²) < 4.78 is 0. The van der Waals surface area contributed by atoms with Gasteiger partial charge in [-0.2, -0.15) is 0 Å². The zero-order valence-electron chi connectivity index (χ0n) is 9.64. The van der Waals surface area contributed by atoms with Gasteiger partial charge in [0.1, 0.15) is 0 Å². The zero-order valence-corrected chi connectivity index (χ0v) is 9.64. The second kappa shape index (κ2) is 7.34. The molecular weight excluding hydrogens is 160 g/mol. The summed E-state index contributed by atoms with van der Waals surface area (Å²) in [6.07, 6.45) is 3.63. The number of rotatable bonds is 7. The lowest BCUT2D eigenvalue weighted by Crippen LogP contribution is -2.45. The van der Waals surface area contributed by atoms with Crippen molar-refractivity contribution in [2.24, 2.45) is 11.7 Å². The van der Waals surface area contributed by atoms with Crippen molar-refractivity contribution in [3.05, 3.63) is 0 Å². The third-order valence-corrected chi connectivity index (χ3v) is 2.98. The van der Waals surface area contributed by atoms with Crippen LogP contribution in [0.4, 0.5) is 0 Å². The zero-order chi connectivity index (χ0) is 10.3. The molecule has 0 fully saturated rings. The number of hydrogen-bond donors (Lipinski definition) is 2. The highest BCUT2D eigenvalue weighted by molar-refractivity contribution is 4.77. The van der Waals surface area contributed by atoms with Gasteiger partial charge in [-0.15, -0.1) is 0 Å². The predicted molar refractivity (Wildman–Crippen MR) is 59.8 cm³/mol. The highest BCUT2D eigenvalue weighted by Crippen LogP contribution is 2.13. The summed E-state index contributed by atoms with van der Waals surface area (Å²) in [5.74, 6) is 0.735. The molecule has 0 aliphatic carbocycles. The van der Waals surface area contributed by atoms with Gasteiger partial charge in [-0.25, -0.2) is 0 Å². The van der Waals surface area contributed by atoms with Crippen LogP contribution in [-0.4, -0.2) is 18.6 Å². The third kappa shape index (κ3) is 4.63. The van der Waals surface area contributed by atoms with Crippen LogP contribution in [0.5, 0.6) is 0 Å². The minimum Gasteiger partial charge on any atom is -0.329 e. The number of hydrogen-bond acceptors (Lipinski definition) is 2. The van der Waals surface area contributed by atoms with Crippen LogP contribution < -0.4 is 11.1 Å². The summed E-state index contributed by atoms with van der Waals surface area (Å²) in [6, 6.07) is 1.10. The molecule has 0 bridgehead atoms. The van der Waals surface area contributed by atoms with Crippen LogP contribution >= 0.6 is 0 Å². The van der Waals surface area contributed by atoms with Gasteiger partial charge in [0.2, 0.25) is 0 Å². The standard InChI is InChI=1S/C11H26N2/c1-5-9(4)13-11(8-12)10(6-2)7-3/h9-11,13H,5-8,12H2,1-4H3. The quantitative estimate of drug-likeness (QED) is 0.639. The van der Waals surface area contributed by atoms with E-state index in [1.165, 1.54) is 19.3 Å². The molecule has 0 rings (SSSR count). The summed E-state index contributed by atoms with van der Waals surface area (Å²) in [6.45, 7) is 9.68. The van der Waals surface area contributed by atoms with Gasteiger partial charge >= 0.3 is 0 Å². The minimum absolute atomic E-state index is 0.505. The number of nitrogens with one attached hydrogen (secondary N) is 1. The third-order valence-electron chi connectivity index (χ3n) is 2.98. The van der Waals surface area contributed by atoms with E-state index in [-0.39, 0.29) is 0 Å². The Kier molecular flexibility index (Phi) is 7.29. The van der Waals surface area contributed by atoms with Gasteiger partial charge in [0, 0.05) is 18.6 Å². The molecule has 2 atom stereocenters. The van der Waals surface area contributed by atoms with Gasteiger partial charge in [0.25, 0.3) is 0 Å². The van der Waals surface area contributed by atoms with Crippen molar-refractivity contribution < 1.29 is 0 Å². The fourth-order valence-electron chi connectivity index (χ4n) is 1.74. The topological polar surface area (TPSA) is 38.0 Å². The molecule has 2 heteroatoms. The van der Waals surface area contributed by atoms with Gasteiger partial charge in [-0.3, -0.25) is 0 Å². The molecule has 13 heavy (non-hydrogen) atoms. The van der Waals surface area contributed by atoms with Crippen molar-refractivity contribution in [2.75, 3.05) is 6.54 Å². The molecule has 0 amide bonds. The lowest BCUT2D eigenvalue weighted by atomic mass is 9.93. The molecule has 0 aromatic heterocycles. The Balaban J connectivity index is 3.98. The van der Waals surface area contributed by atoms with Crippen molar-refractivity contribution in [2.45, 2.75) is 59.0 Å². The Bertz CT molecular complexity index is 111. The lowest BCUT2D eigenvalue weighted by molar-refractivity contribution is 0.311. The Labute approximate surface area is 83.3 Å². The molecule has 0 aromatic carbocycles. The molecule has 0 saturated heterocycles. The summed E-state index contributed by atoms with van der Waals surface area (Å²) in [5, 5.41) is 3.59. The van der Waals surface area contributed by atoms with Gasteiger partial charge in [-0.05, 0) is 19.3 Å². The molecule has 80 valence electrons. The van der Waals surface area contributed by atoms with Crippen molar-refractivity contribution >= 4 is 0 Å². The molecule has 0 heterocycles. The SMILES string of the molecule is CCC(C)NC(CN)C(CC)CC. The average molecular weight is 186 g/mol. The molecule has 0 saturated carbocycles. The summed E-state index contributed by atoms with van der Waals surface area (Å²) in [4.78, 5) is 0. The molecule has 3 N–H and O–H groups in total. The van der Waals surface area contributed by atoms with Crippen molar-refractivity contribution in [1.82, 2.24) is 5.32 Å². The van der Waals surface area contributed by atoms with E-state index < -0.39 is 0 Å². The number of nitrogens with two attached hydrogens (primary N) is 1. The summed E-state index contributed by atoms with van der Waals surface area (Å²) in [7, 11) is 0. The second-order valence-corrected chi connectivity index (χ2v) is 3.89. The van der Waals surface area contributed by atoms with Crippen molar-refractivity contribution in [1.29, 1.82) is 0 Å². The van der Waals surface area contributed by atoms with Crippen molar-refractivity contribution in [3.8, 4) is 0 Å². The average Bonchev–Trinajstić information content (AvgIpc) is 2.17. The highest BCUT2D eigenvalue weighted by Gasteiger charge is 2.17. The molecule has 0 aliphatic rings. The molecule has 0 aliphatic heterocycles. The molecular formula is C11H26N2. The Morgan fingerprint density at radius 3 is 1.92 bits per heavy atom. The van der Waals surface area contributed by atoms with Gasteiger partial charge in [0.05, 0.1) is 0 Å². The first-order valence-electron chi connectivity index (χ1n) is 5.65. The Hall–Kier alpha value is -0.0800. The predicted octanol–water partition coefficient (Wildman–Crippen LogP) is 2.14. The van der Waals surface area contributed by atoms with Gasteiger partial charge in [0.15, 0.2) is 0 Å². The fourth-order valence-corrected chi connectivity index (χ4v) is 1.74. The second-order valence-electron chi connectivity index (χ2n) is 3.89. The van der Waals surface area contributed by atoms with Gasteiger partial charge < -0.3 is 11.1 Å². The summed E-state index contributed by atoms with van der Waals surface area (Å²) in [5.41, 5.74) is 5.77. The normalized spacial score (nSPS) is 16.2. The monoisotopic (exact) mass is 186 g/mol. The molecule has 2 unspecified atom stereocenters. The van der Waals surface area contributed by atoms with Crippen LogP contribution in [0.15, 0.2) is 0 Å². The van der Waals surface area contributed by atoms with E-state index in [0.717, 1.165) is 12.5 Å². The van der Waals surface area contributed by atoms with Crippen LogP contribution in [0.2, 0.25) is 0 Å². The van der Waals surface area contributed by atoms with E-state index in [2.05, 4.69) is 33.0 Å². The van der Waals surface area contributed by atoms with E-state index >= 15 is 0 Å². The molecule has 0 radical (unpaired) electrons. The molecule has 2 nitrogen and oxygen atoms in total. The van der Waals surface area contributed by atoms with Crippen LogP contribution in [0.3, 0.4) is 0 Å². The van der Waals surface area contributed by atoms with E-state index in [9.17, 15) is 0 Å². The van der Waals surface area contributed by atoms with E-state index in [1.54, 1.807) is 0 Å². The lowest BCUT2D eigenvalue weighted by Gasteiger charge is -2.28. The molecule has 0 aromatic rings.